The molecular formula is C15H17FN2O4. The lowest BCUT2D eigenvalue weighted by molar-refractivity contribution is -0.144. The average molecular weight is 308 g/mol. The Hall–Kier alpha value is -2.44. The molecule has 0 aliphatic heterocycles. The third kappa shape index (κ3) is 3.24. The van der Waals surface area contributed by atoms with E-state index < -0.39 is 23.2 Å². The fourth-order valence-corrected chi connectivity index (χ4v) is 2.64. The minimum Gasteiger partial charge on any atom is -0.480 e. The number of amides is 2. The van der Waals surface area contributed by atoms with Gasteiger partial charge in [-0.2, -0.15) is 0 Å². The Bertz CT molecular complexity index is 624. The molecule has 0 aromatic heterocycles. The SMILES string of the molecule is CC(=O)Nc1ccc(F)c(C(=O)NC2(C(=O)O)CCCC2)c1. The Balaban J connectivity index is 2.25. The van der Waals surface area contributed by atoms with E-state index in [1.165, 1.54) is 19.1 Å². The molecule has 2 amide bonds. The Morgan fingerprint density at radius 3 is 2.41 bits per heavy atom. The third-order valence-corrected chi connectivity index (χ3v) is 3.75. The summed E-state index contributed by atoms with van der Waals surface area (Å²) in [6, 6.07) is 3.58. The highest BCUT2D eigenvalue weighted by Crippen LogP contribution is 2.30. The van der Waals surface area contributed by atoms with Crippen LogP contribution >= 0.6 is 0 Å². The number of carbonyl (C=O) groups is 3. The summed E-state index contributed by atoms with van der Waals surface area (Å²) in [6.45, 7) is 1.29. The maximum absolute atomic E-state index is 13.8. The average Bonchev–Trinajstić information content (AvgIpc) is 2.90. The van der Waals surface area contributed by atoms with Crippen molar-refractivity contribution in [3.8, 4) is 0 Å². The van der Waals surface area contributed by atoms with E-state index in [0.29, 0.717) is 25.7 Å². The van der Waals surface area contributed by atoms with E-state index in [2.05, 4.69) is 10.6 Å². The predicted octanol–water partition coefficient (Wildman–Crippen LogP) is 1.91. The molecule has 6 nitrogen and oxygen atoms in total. The second-order valence-corrected chi connectivity index (χ2v) is 5.42. The zero-order valence-corrected chi connectivity index (χ0v) is 12.1. The molecule has 118 valence electrons. The van der Waals surface area contributed by atoms with Crippen molar-refractivity contribution < 1.29 is 23.9 Å². The van der Waals surface area contributed by atoms with Crippen LogP contribution in [-0.4, -0.2) is 28.4 Å². The van der Waals surface area contributed by atoms with Crippen LogP contribution in [0.3, 0.4) is 0 Å². The highest BCUT2D eigenvalue weighted by molar-refractivity contribution is 5.99. The van der Waals surface area contributed by atoms with Crippen molar-refractivity contribution in [2.75, 3.05) is 5.32 Å². The number of carboxylic acids is 1. The molecule has 1 fully saturated rings. The summed E-state index contributed by atoms with van der Waals surface area (Å²) in [6.07, 6.45) is 2.03. The smallest absolute Gasteiger partial charge is 0.329 e. The number of anilines is 1. The quantitative estimate of drug-likeness (QED) is 0.791. The number of carboxylic acid groups (broad SMARTS) is 1. The molecule has 0 radical (unpaired) electrons. The number of hydrogen-bond acceptors (Lipinski definition) is 3. The maximum atomic E-state index is 13.8. The van der Waals surface area contributed by atoms with Gasteiger partial charge >= 0.3 is 5.97 Å². The van der Waals surface area contributed by atoms with Gasteiger partial charge in [0.1, 0.15) is 11.4 Å². The summed E-state index contributed by atoms with van der Waals surface area (Å²) >= 11 is 0. The highest BCUT2D eigenvalue weighted by atomic mass is 19.1. The molecule has 1 aliphatic carbocycles. The minimum absolute atomic E-state index is 0.273. The van der Waals surface area contributed by atoms with Crippen LogP contribution in [0, 0.1) is 5.82 Å². The molecule has 1 aliphatic rings. The summed E-state index contributed by atoms with van der Waals surface area (Å²) in [7, 11) is 0. The van der Waals surface area contributed by atoms with Crippen LogP contribution in [0.5, 0.6) is 0 Å². The number of rotatable bonds is 4. The van der Waals surface area contributed by atoms with E-state index in [4.69, 9.17) is 0 Å². The molecule has 0 bridgehead atoms. The second-order valence-electron chi connectivity index (χ2n) is 5.42. The fraction of sp³-hybridized carbons (Fsp3) is 0.400. The minimum atomic E-state index is -1.34. The van der Waals surface area contributed by atoms with Crippen LogP contribution in [0.1, 0.15) is 43.0 Å². The molecule has 1 aromatic rings. The second kappa shape index (κ2) is 6.13. The van der Waals surface area contributed by atoms with Crippen molar-refractivity contribution in [2.45, 2.75) is 38.1 Å². The lowest BCUT2D eigenvalue weighted by Crippen LogP contribution is -2.52. The Morgan fingerprint density at radius 1 is 1.23 bits per heavy atom. The van der Waals surface area contributed by atoms with Crippen LogP contribution in [-0.2, 0) is 9.59 Å². The van der Waals surface area contributed by atoms with Gasteiger partial charge in [-0.1, -0.05) is 12.8 Å². The molecule has 0 unspecified atom stereocenters. The van der Waals surface area contributed by atoms with E-state index in [1.807, 2.05) is 0 Å². The van der Waals surface area contributed by atoms with Gasteiger partial charge in [0.15, 0.2) is 0 Å². The molecule has 0 saturated heterocycles. The maximum Gasteiger partial charge on any atom is 0.329 e. The lowest BCUT2D eigenvalue weighted by Gasteiger charge is -2.25. The summed E-state index contributed by atoms with van der Waals surface area (Å²) in [4.78, 5) is 34.7. The standard InChI is InChI=1S/C15H17FN2O4/c1-9(19)17-10-4-5-12(16)11(8-10)13(20)18-15(14(21)22)6-2-3-7-15/h4-5,8H,2-3,6-7H2,1H3,(H,17,19)(H,18,20)(H,21,22). The molecule has 3 N–H and O–H groups in total. The number of halogens is 1. The highest BCUT2D eigenvalue weighted by Gasteiger charge is 2.43. The van der Waals surface area contributed by atoms with Crippen molar-refractivity contribution >= 4 is 23.5 Å². The summed E-state index contributed by atoms with van der Waals surface area (Å²) in [5.74, 6) is -3.04. The van der Waals surface area contributed by atoms with Crippen molar-refractivity contribution in [3.05, 3.63) is 29.6 Å². The Labute approximate surface area is 126 Å². The number of benzene rings is 1. The topological polar surface area (TPSA) is 95.5 Å². The number of aliphatic carboxylic acids is 1. The first-order valence-corrected chi connectivity index (χ1v) is 6.97. The molecule has 0 spiro atoms. The molecule has 0 heterocycles. The number of carbonyl (C=O) groups excluding carboxylic acids is 2. The van der Waals surface area contributed by atoms with E-state index in [9.17, 15) is 23.9 Å². The van der Waals surface area contributed by atoms with Gasteiger partial charge in [-0.05, 0) is 31.0 Å². The summed E-state index contributed by atoms with van der Waals surface area (Å²) in [5.41, 5.74) is -1.36. The van der Waals surface area contributed by atoms with Gasteiger partial charge in [0.25, 0.3) is 5.91 Å². The fourth-order valence-electron chi connectivity index (χ4n) is 2.64. The molecular weight excluding hydrogens is 291 g/mol. The van der Waals surface area contributed by atoms with Crippen molar-refractivity contribution in [2.24, 2.45) is 0 Å². The molecule has 1 aromatic carbocycles. The van der Waals surface area contributed by atoms with Crippen LogP contribution in [0.25, 0.3) is 0 Å². The number of nitrogens with one attached hydrogen (secondary N) is 2. The Morgan fingerprint density at radius 2 is 1.86 bits per heavy atom. The van der Waals surface area contributed by atoms with Gasteiger partial charge in [-0.25, -0.2) is 9.18 Å². The lowest BCUT2D eigenvalue weighted by atomic mass is 9.97. The van der Waals surface area contributed by atoms with Gasteiger partial charge in [0.2, 0.25) is 5.91 Å². The van der Waals surface area contributed by atoms with E-state index in [-0.39, 0.29) is 17.2 Å². The summed E-state index contributed by atoms with van der Waals surface area (Å²) in [5, 5.41) is 14.2. The van der Waals surface area contributed by atoms with E-state index >= 15 is 0 Å². The van der Waals surface area contributed by atoms with E-state index in [0.717, 1.165) is 6.07 Å². The van der Waals surface area contributed by atoms with Gasteiger partial charge in [-0.3, -0.25) is 9.59 Å². The first-order chi connectivity index (χ1) is 10.3. The molecule has 2 rings (SSSR count). The first-order valence-electron chi connectivity index (χ1n) is 6.97. The van der Waals surface area contributed by atoms with Crippen LogP contribution in [0.15, 0.2) is 18.2 Å². The predicted molar refractivity (Wildman–Crippen MR) is 77.0 cm³/mol. The zero-order valence-electron chi connectivity index (χ0n) is 12.1. The molecule has 0 atom stereocenters. The largest absolute Gasteiger partial charge is 0.480 e. The zero-order chi connectivity index (χ0) is 16.3. The van der Waals surface area contributed by atoms with Gasteiger partial charge < -0.3 is 15.7 Å². The van der Waals surface area contributed by atoms with Crippen LogP contribution in [0.2, 0.25) is 0 Å². The normalized spacial score (nSPS) is 16.1. The van der Waals surface area contributed by atoms with Gasteiger partial charge in [0.05, 0.1) is 5.56 Å². The van der Waals surface area contributed by atoms with Crippen molar-refractivity contribution in [1.82, 2.24) is 5.32 Å². The van der Waals surface area contributed by atoms with E-state index in [1.54, 1.807) is 0 Å². The van der Waals surface area contributed by atoms with Gasteiger partial charge in [0, 0.05) is 12.6 Å². The number of hydrogen-bond donors (Lipinski definition) is 3. The third-order valence-electron chi connectivity index (χ3n) is 3.75. The first kappa shape index (κ1) is 15.9. The Kier molecular flexibility index (Phi) is 4.44. The molecule has 7 heteroatoms. The van der Waals surface area contributed by atoms with Gasteiger partial charge in [-0.15, -0.1) is 0 Å². The van der Waals surface area contributed by atoms with Crippen LogP contribution in [0.4, 0.5) is 10.1 Å². The molecule has 22 heavy (non-hydrogen) atoms. The van der Waals surface area contributed by atoms with Crippen molar-refractivity contribution in [3.63, 3.8) is 0 Å². The van der Waals surface area contributed by atoms with Crippen molar-refractivity contribution in [1.29, 1.82) is 0 Å². The molecule has 1 saturated carbocycles. The van der Waals surface area contributed by atoms with Crippen LogP contribution < -0.4 is 10.6 Å². The monoisotopic (exact) mass is 308 g/mol. The summed E-state index contributed by atoms with van der Waals surface area (Å²) < 4.78 is 13.8.